The van der Waals surface area contributed by atoms with Gasteiger partial charge in [0.05, 0.1) is 0 Å². The first-order chi connectivity index (χ1) is 9.63. The molecular weight excluding hydrogens is 244 g/mol. The Morgan fingerprint density at radius 2 is 2.05 bits per heavy atom. The van der Waals surface area contributed by atoms with Gasteiger partial charge < -0.3 is 10.2 Å². The van der Waals surface area contributed by atoms with Crippen molar-refractivity contribution < 1.29 is 0 Å². The van der Waals surface area contributed by atoms with Gasteiger partial charge in [-0.3, -0.25) is 0 Å². The fourth-order valence-electron chi connectivity index (χ4n) is 4.13. The van der Waals surface area contributed by atoms with Crippen molar-refractivity contribution in [1.29, 1.82) is 0 Å². The Labute approximate surface area is 123 Å². The molecule has 110 valence electrons. The van der Waals surface area contributed by atoms with Gasteiger partial charge in [-0.2, -0.15) is 0 Å². The van der Waals surface area contributed by atoms with Crippen molar-refractivity contribution in [2.75, 3.05) is 13.1 Å². The van der Waals surface area contributed by atoms with Gasteiger partial charge in [-0.05, 0) is 70.7 Å². The maximum Gasteiger partial charge on any atom is 0.0296 e. The molecular formula is C18H28N2. The van der Waals surface area contributed by atoms with Gasteiger partial charge in [-0.25, -0.2) is 0 Å². The third-order valence-corrected chi connectivity index (χ3v) is 5.20. The molecule has 2 aliphatic rings. The summed E-state index contributed by atoms with van der Waals surface area (Å²) in [4.78, 5) is 2.69. The maximum absolute atomic E-state index is 3.88. The quantitative estimate of drug-likeness (QED) is 0.905. The molecule has 1 aromatic carbocycles. The van der Waals surface area contributed by atoms with Crippen LogP contribution in [0.15, 0.2) is 18.2 Å². The van der Waals surface area contributed by atoms with E-state index < -0.39 is 0 Å². The van der Waals surface area contributed by atoms with Crippen molar-refractivity contribution >= 4 is 0 Å². The summed E-state index contributed by atoms with van der Waals surface area (Å²) >= 11 is 0. The molecule has 20 heavy (non-hydrogen) atoms. The van der Waals surface area contributed by atoms with E-state index >= 15 is 0 Å². The van der Waals surface area contributed by atoms with Crippen LogP contribution < -0.4 is 5.32 Å². The van der Waals surface area contributed by atoms with Crippen LogP contribution in [0.4, 0.5) is 0 Å². The van der Waals surface area contributed by atoms with Crippen molar-refractivity contribution in [3.8, 4) is 0 Å². The lowest BCUT2D eigenvalue weighted by molar-refractivity contribution is 0.162. The van der Waals surface area contributed by atoms with Crippen LogP contribution in [-0.4, -0.2) is 30.1 Å². The van der Waals surface area contributed by atoms with Crippen LogP contribution in [0.2, 0.25) is 0 Å². The molecule has 0 aliphatic carbocycles. The molecule has 2 fully saturated rings. The number of nitrogens with one attached hydrogen (secondary N) is 1. The van der Waals surface area contributed by atoms with E-state index in [4.69, 9.17) is 0 Å². The number of benzene rings is 1. The number of aryl methyl sites for hydroxylation is 2. The van der Waals surface area contributed by atoms with Crippen LogP contribution in [0.3, 0.4) is 0 Å². The predicted octanol–water partition coefficient (Wildman–Crippen LogP) is 3.58. The summed E-state index contributed by atoms with van der Waals surface area (Å²) in [6.45, 7) is 9.36. The van der Waals surface area contributed by atoms with Gasteiger partial charge in [0.15, 0.2) is 0 Å². The standard InChI is InChI=1S/C18H28N2/c1-13-6-7-18(14(2)11-13)15(3)19-16-8-10-20-9-4-5-17(20)12-16/h6-7,11,15-17,19H,4-5,8-10,12H2,1-3H3. The molecule has 2 aliphatic heterocycles. The third-order valence-electron chi connectivity index (χ3n) is 5.20. The highest BCUT2D eigenvalue weighted by Gasteiger charge is 2.32. The lowest BCUT2D eigenvalue weighted by Gasteiger charge is -2.36. The van der Waals surface area contributed by atoms with Gasteiger partial charge in [0.25, 0.3) is 0 Å². The number of fused-ring (bicyclic) bond motifs is 1. The molecule has 0 bridgehead atoms. The van der Waals surface area contributed by atoms with Gasteiger partial charge >= 0.3 is 0 Å². The molecule has 0 saturated carbocycles. The van der Waals surface area contributed by atoms with Crippen LogP contribution in [0.25, 0.3) is 0 Å². The molecule has 3 atom stereocenters. The minimum atomic E-state index is 0.466. The molecule has 2 saturated heterocycles. The molecule has 3 unspecified atom stereocenters. The first kappa shape index (κ1) is 14.1. The van der Waals surface area contributed by atoms with E-state index in [0.29, 0.717) is 12.1 Å². The second-order valence-corrected chi connectivity index (χ2v) is 6.80. The summed E-state index contributed by atoms with van der Waals surface area (Å²) < 4.78 is 0. The molecule has 2 heteroatoms. The molecule has 2 nitrogen and oxygen atoms in total. The Kier molecular flexibility index (Phi) is 4.13. The smallest absolute Gasteiger partial charge is 0.0296 e. The van der Waals surface area contributed by atoms with Crippen molar-refractivity contribution in [2.45, 2.75) is 64.6 Å². The zero-order valence-corrected chi connectivity index (χ0v) is 13.2. The number of rotatable bonds is 3. The Balaban J connectivity index is 1.62. The fraction of sp³-hybridized carbons (Fsp3) is 0.667. The average molecular weight is 272 g/mol. The highest BCUT2D eigenvalue weighted by Crippen LogP contribution is 2.28. The van der Waals surface area contributed by atoms with Crippen molar-refractivity contribution in [2.24, 2.45) is 0 Å². The van der Waals surface area contributed by atoms with E-state index in [0.717, 1.165) is 6.04 Å². The average Bonchev–Trinajstić information content (AvgIpc) is 2.85. The summed E-state index contributed by atoms with van der Waals surface area (Å²) in [6, 6.07) is 8.85. The lowest BCUT2D eigenvalue weighted by atomic mass is 9.94. The summed E-state index contributed by atoms with van der Waals surface area (Å²) in [5.41, 5.74) is 4.24. The molecule has 3 rings (SSSR count). The van der Waals surface area contributed by atoms with Crippen LogP contribution in [-0.2, 0) is 0 Å². The minimum absolute atomic E-state index is 0.466. The zero-order chi connectivity index (χ0) is 14.1. The lowest BCUT2D eigenvalue weighted by Crippen LogP contribution is -2.46. The summed E-state index contributed by atoms with van der Waals surface area (Å²) in [6.07, 6.45) is 5.47. The van der Waals surface area contributed by atoms with E-state index in [9.17, 15) is 0 Å². The van der Waals surface area contributed by atoms with E-state index in [2.05, 4.69) is 49.2 Å². The van der Waals surface area contributed by atoms with Crippen LogP contribution >= 0.6 is 0 Å². The molecule has 0 amide bonds. The zero-order valence-electron chi connectivity index (χ0n) is 13.2. The van der Waals surface area contributed by atoms with Crippen molar-refractivity contribution in [1.82, 2.24) is 10.2 Å². The van der Waals surface area contributed by atoms with E-state index in [1.54, 1.807) is 0 Å². The third kappa shape index (κ3) is 2.91. The fourth-order valence-corrected chi connectivity index (χ4v) is 4.13. The number of hydrogen-bond acceptors (Lipinski definition) is 2. The van der Waals surface area contributed by atoms with Crippen molar-refractivity contribution in [3.05, 3.63) is 34.9 Å². The van der Waals surface area contributed by atoms with Gasteiger partial charge in [0.2, 0.25) is 0 Å². The maximum atomic E-state index is 3.88. The monoisotopic (exact) mass is 272 g/mol. The normalized spacial score (nSPS) is 28.4. The highest BCUT2D eigenvalue weighted by molar-refractivity contribution is 5.32. The Morgan fingerprint density at radius 1 is 1.20 bits per heavy atom. The second kappa shape index (κ2) is 5.87. The Morgan fingerprint density at radius 3 is 2.85 bits per heavy atom. The van der Waals surface area contributed by atoms with Gasteiger partial charge in [-0.1, -0.05) is 23.8 Å². The number of nitrogens with zero attached hydrogens (tertiary/aromatic N) is 1. The summed E-state index contributed by atoms with van der Waals surface area (Å²) in [7, 11) is 0. The number of piperidine rings is 1. The SMILES string of the molecule is Cc1ccc(C(C)NC2CCN3CCCC3C2)c(C)c1. The van der Waals surface area contributed by atoms with Gasteiger partial charge in [-0.15, -0.1) is 0 Å². The van der Waals surface area contributed by atoms with Crippen LogP contribution in [0.1, 0.15) is 55.3 Å². The van der Waals surface area contributed by atoms with E-state index in [-0.39, 0.29) is 0 Å². The topological polar surface area (TPSA) is 15.3 Å². The first-order valence-corrected chi connectivity index (χ1v) is 8.21. The molecule has 0 spiro atoms. The second-order valence-electron chi connectivity index (χ2n) is 6.80. The molecule has 2 heterocycles. The molecule has 0 radical (unpaired) electrons. The summed E-state index contributed by atoms with van der Waals surface area (Å²) in [5, 5.41) is 3.88. The molecule has 0 aromatic heterocycles. The largest absolute Gasteiger partial charge is 0.307 e. The van der Waals surface area contributed by atoms with Gasteiger partial charge in [0.1, 0.15) is 0 Å². The van der Waals surface area contributed by atoms with Crippen molar-refractivity contribution in [3.63, 3.8) is 0 Å². The predicted molar refractivity (Wildman–Crippen MR) is 85.1 cm³/mol. The first-order valence-electron chi connectivity index (χ1n) is 8.21. The number of hydrogen-bond donors (Lipinski definition) is 1. The minimum Gasteiger partial charge on any atom is -0.307 e. The van der Waals surface area contributed by atoms with Gasteiger partial charge in [0, 0.05) is 18.1 Å². The Bertz CT molecular complexity index is 468. The van der Waals surface area contributed by atoms with Crippen LogP contribution in [0.5, 0.6) is 0 Å². The Hall–Kier alpha value is -0.860. The summed E-state index contributed by atoms with van der Waals surface area (Å²) in [5.74, 6) is 0. The molecule has 1 aromatic rings. The van der Waals surface area contributed by atoms with E-state index in [1.807, 2.05) is 0 Å². The van der Waals surface area contributed by atoms with E-state index in [1.165, 1.54) is 55.5 Å². The molecule has 1 N–H and O–H groups in total. The van der Waals surface area contributed by atoms with Crippen LogP contribution in [0, 0.1) is 13.8 Å². The highest BCUT2D eigenvalue weighted by atomic mass is 15.2.